The third kappa shape index (κ3) is 3.19. The van der Waals surface area contributed by atoms with E-state index in [2.05, 4.69) is 5.32 Å². The fourth-order valence-electron chi connectivity index (χ4n) is 2.15. The molecule has 0 saturated heterocycles. The molecule has 2 rings (SSSR count). The number of nitrogens with one attached hydrogen (secondary N) is 1. The zero-order valence-electron chi connectivity index (χ0n) is 9.51. The first kappa shape index (κ1) is 12.4. The second kappa shape index (κ2) is 5.50. The Hall–Kier alpha value is -1.09. The van der Waals surface area contributed by atoms with Crippen LogP contribution in [0.1, 0.15) is 42.5 Å². The molecule has 0 atom stereocenters. The summed E-state index contributed by atoms with van der Waals surface area (Å²) in [7, 11) is 0. The Balaban J connectivity index is 2.01. The zero-order valence-corrected chi connectivity index (χ0v) is 10.3. The van der Waals surface area contributed by atoms with E-state index in [0.717, 1.165) is 25.7 Å². The van der Waals surface area contributed by atoms with Crippen LogP contribution < -0.4 is 5.32 Å². The Labute approximate surface area is 105 Å². The fourth-order valence-corrected chi connectivity index (χ4v) is 2.33. The molecular weight excluding hydrogens is 241 g/mol. The third-order valence-corrected chi connectivity index (χ3v) is 3.41. The highest BCUT2D eigenvalue weighted by Crippen LogP contribution is 2.19. The molecule has 1 amide bonds. The van der Waals surface area contributed by atoms with Crippen LogP contribution >= 0.6 is 11.6 Å². The minimum absolute atomic E-state index is 0.0127. The van der Waals surface area contributed by atoms with Crippen molar-refractivity contribution in [3.63, 3.8) is 0 Å². The lowest BCUT2D eigenvalue weighted by Gasteiger charge is -2.22. The molecule has 17 heavy (non-hydrogen) atoms. The Morgan fingerprint density at radius 2 is 2.00 bits per heavy atom. The van der Waals surface area contributed by atoms with E-state index in [1.54, 1.807) is 0 Å². The summed E-state index contributed by atoms with van der Waals surface area (Å²) in [5.74, 6) is -0.667. The van der Waals surface area contributed by atoms with Gasteiger partial charge in [0, 0.05) is 11.6 Å². The van der Waals surface area contributed by atoms with Gasteiger partial charge in [0.1, 0.15) is 5.82 Å². The van der Waals surface area contributed by atoms with E-state index in [0.29, 0.717) is 5.56 Å². The van der Waals surface area contributed by atoms with Gasteiger partial charge in [-0.25, -0.2) is 4.39 Å². The van der Waals surface area contributed by atoms with Crippen molar-refractivity contribution < 1.29 is 9.18 Å². The van der Waals surface area contributed by atoms with Gasteiger partial charge in [-0.15, -0.1) is 0 Å². The zero-order chi connectivity index (χ0) is 12.3. The second-order valence-corrected chi connectivity index (χ2v) is 4.84. The van der Waals surface area contributed by atoms with Crippen molar-refractivity contribution in [2.45, 2.75) is 38.1 Å². The highest BCUT2D eigenvalue weighted by molar-refractivity contribution is 6.31. The van der Waals surface area contributed by atoms with Crippen molar-refractivity contribution in [2.24, 2.45) is 0 Å². The largest absolute Gasteiger partial charge is 0.349 e. The Bertz CT molecular complexity index is 416. The molecule has 1 aromatic carbocycles. The van der Waals surface area contributed by atoms with Gasteiger partial charge in [-0.3, -0.25) is 4.79 Å². The standard InChI is InChI=1S/C13H15ClFNO/c14-11-8-9(6-7-12(11)15)13(17)16-10-4-2-1-3-5-10/h6-8,10H,1-5H2,(H,16,17). The molecule has 92 valence electrons. The van der Waals surface area contributed by atoms with Crippen LogP contribution in [0.2, 0.25) is 5.02 Å². The number of amides is 1. The maximum atomic E-state index is 13.0. The topological polar surface area (TPSA) is 29.1 Å². The molecular formula is C13H15ClFNO. The number of rotatable bonds is 2. The molecule has 4 heteroatoms. The third-order valence-electron chi connectivity index (χ3n) is 3.12. The van der Waals surface area contributed by atoms with Crippen molar-refractivity contribution >= 4 is 17.5 Å². The quantitative estimate of drug-likeness (QED) is 0.860. The maximum Gasteiger partial charge on any atom is 0.251 e. The number of hydrogen-bond acceptors (Lipinski definition) is 1. The van der Waals surface area contributed by atoms with E-state index in [9.17, 15) is 9.18 Å². The van der Waals surface area contributed by atoms with Crippen LogP contribution in [0.25, 0.3) is 0 Å². The lowest BCUT2D eigenvalue weighted by molar-refractivity contribution is 0.0927. The highest BCUT2D eigenvalue weighted by atomic mass is 35.5. The molecule has 1 aliphatic carbocycles. The van der Waals surface area contributed by atoms with Gasteiger partial charge in [0.15, 0.2) is 0 Å². The molecule has 0 spiro atoms. The summed E-state index contributed by atoms with van der Waals surface area (Å²) >= 11 is 5.65. The average Bonchev–Trinajstić information content (AvgIpc) is 2.34. The highest BCUT2D eigenvalue weighted by Gasteiger charge is 2.17. The number of carbonyl (C=O) groups is 1. The van der Waals surface area contributed by atoms with Crippen LogP contribution in [0, 0.1) is 5.82 Å². The predicted molar refractivity (Wildman–Crippen MR) is 65.7 cm³/mol. The van der Waals surface area contributed by atoms with Crippen LogP contribution in [0.15, 0.2) is 18.2 Å². The number of hydrogen-bond donors (Lipinski definition) is 1. The Kier molecular flexibility index (Phi) is 4.00. The monoisotopic (exact) mass is 255 g/mol. The number of halogens is 2. The fraction of sp³-hybridized carbons (Fsp3) is 0.462. The summed E-state index contributed by atoms with van der Waals surface area (Å²) in [5, 5.41) is 2.95. The Morgan fingerprint density at radius 1 is 1.29 bits per heavy atom. The maximum absolute atomic E-state index is 13.0. The van der Waals surface area contributed by atoms with Crippen LogP contribution in [0.5, 0.6) is 0 Å². The molecule has 1 N–H and O–H groups in total. The van der Waals surface area contributed by atoms with Gasteiger partial charge in [0.25, 0.3) is 5.91 Å². The summed E-state index contributed by atoms with van der Waals surface area (Å²) in [4.78, 5) is 11.9. The first-order chi connectivity index (χ1) is 8.16. The van der Waals surface area contributed by atoms with Crippen molar-refractivity contribution in [3.8, 4) is 0 Å². The van der Waals surface area contributed by atoms with Crippen LogP contribution in [0.4, 0.5) is 4.39 Å². The second-order valence-electron chi connectivity index (χ2n) is 4.44. The molecule has 0 unspecified atom stereocenters. The molecule has 0 aliphatic heterocycles. The van der Waals surface area contributed by atoms with E-state index in [4.69, 9.17) is 11.6 Å². The van der Waals surface area contributed by atoms with Crippen LogP contribution in [-0.2, 0) is 0 Å². The van der Waals surface area contributed by atoms with Gasteiger partial charge >= 0.3 is 0 Å². The van der Waals surface area contributed by atoms with E-state index in [-0.39, 0.29) is 17.0 Å². The van der Waals surface area contributed by atoms with Gasteiger partial charge in [-0.2, -0.15) is 0 Å². The van der Waals surface area contributed by atoms with Crippen LogP contribution in [-0.4, -0.2) is 11.9 Å². The lowest BCUT2D eigenvalue weighted by atomic mass is 9.95. The molecule has 0 bridgehead atoms. The molecule has 0 heterocycles. The van der Waals surface area contributed by atoms with Gasteiger partial charge in [0.2, 0.25) is 0 Å². The van der Waals surface area contributed by atoms with Crippen molar-refractivity contribution in [2.75, 3.05) is 0 Å². The summed E-state index contributed by atoms with van der Waals surface area (Å²) in [6.45, 7) is 0. The SMILES string of the molecule is O=C(NC1CCCCC1)c1ccc(F)c(Cl)c1. The summed E-state index contributed by atoms with van der Waals surface area (Å²) < 4.78 is 13.0. The Morgan fingerprint density at radius 3 is 2.65 bits per heavy atom. The minimum Gasteiger partial charge on any atom is -0.349 e. The van der Waals surface area contributed by atoms with Crippen molar-refractivity contribution in [1.82, 2.24) is 5.32 Å². The molecule has 1 aliphatic rings. The molecule has 0 radical (unpaired) electrons. The van der Waals surface area contributed by atoms with Gasteiger partial charge in [0.05, 0.1) is 5.02 Å². The molecule has 1 aromatic rings. The minimum atomic E-state index is -0.499. The smallest absolute Gasteiger partial charge is 0.251 e. The number of benzene rings is 1. The first-order valence-electron chi connectivity index (χ1n) is 5.93. The van der Waals surface area contributed by atoms with E-state index >= 15 is 0 Å². The predicted octanol–water partition coefficient (Wildman–Crippen LogP) is 3.54. The summed E-state index contributed by atoms with van der Waals surface area (Å²) in [6.07, 6.45) is 5.63. The molecule has 2 nitrogen and oxygen atoms in total. The van der Waals surface area contributed by atoms with Gasteiger partial charge in [-0.05, 0) is 31.0 Å². The van der Waals surface area contributed by atoms with Crippen molar-refractivity contribution in [1.29, 1.82) is 0 Å². The van der Waals surface area contributed by atoms with Crippen LogP contribution in [0.3, 0.4) is 0 Å². The van der Waals surface area contributed by atoms with E-state index in [1.807, 2.05) is 0 Å². The molecule has 1 fully saturated rings. The van der Waals surface area contributed by atoms with Crippen molar-refractivity contribution in [3.05, 3.63) is 34.6 Å². The molecule has 0 aromatic heterocycles. The summed E-state index contributed by atoms with van der Waals surface area (Å²) in [6, 6.07) is 4.30. The van der Waals surface area contributed by atoms with E-state index in [1.165, 1.54) is 24.6 Å². The van der Waals surface area contributed by atoms with Gasteiger partial charge < -0.3 is 5.32 Å². The summed E-state index contributed by atoms with van der Waals surface area (Å²) in [5.41, 5.74) is 0.418. The number of carbonyl (C=O) groups excluding carboxylic acids is 1. The van der Waals surface area contributed by atoms with E-state index < -0.39 is 5.82 Å². The lowest BCUT2D eigenvalue weighted by Crippen LogP contribution is -2.36. The average molecular weight is 256 g/mol. The van der Waals surface area contributed by atoms with Gasteiger partial charge in [-0.1, -0.05) is 30.9 Å². The normalized spacial score (nSPS) is 16.8. The first-order valence-corrected chi connectivity index (χ1v) is 6.30. The molecule has 1 saturated carbocycles.